The van der Waals surface area contributed by atoms with E-state index in [-0.39, 0.29) is 47.7 Å². The number of aromatic hydroxyl groups is 2. The number of nitrogens with zero attached hydrogens (tertiary/aromatic N) is 2. The van der Waals surface area contributed by atoms with Crippen LogP contribution in [0.4, 0.5) is 46.5 Å². The molecule has 8 aromatic rings. The van der Waals surface area contributed by atoms with Gasteiger partial charge in [-0.15, -0.1) is 0 Å². The fourth-order valence-corrected chi connectivity index (χ4v) is 9.06. The number of halogens is 10. The van der Waals surface area contributed by atoms with E-state index in [4.69, 9.17) is 28.1 Å². The summed E-state index contributed by atoms with van der Waals surface area (Å²) >= 11 is -0.556. The van der Waals surface area contributed by atoms with Crippen molar-refractivity contribution in [3.05, 3.63) is 273 Å². The standard InChI is InChI=1S/2C33H29F4NO2.2ClH.Ti/c2*1-5-16-40-32-28(36)26(34)30(27(35)29(32)37)38-19-22-17-24(33(3,4)23-14-10-7-11-15-23)18-25(31(22)39)20(2)21-12-8-6-9-13-21;;;/h2*5-15,17-20,39H,1,16H2,2-4H3;2*1H;/q;;;;+2/p-2. The van der Waals surface area contributed by atoms with Crippen molar-refractivity contribution >= 4 is 42.4 Å². The van der Waals surface area contributed by atoms with Crippen molar-refractivity contribution in [2.75, 3.05) is 13.2 Å². The molecule has 2 atom stereocenters. The van der Waals surface area contributed by atoms with E-state index in [0.29, 0.717) is 11.1 Å². The molecule has 2 N–H and O–H groups in total. The Hall–Kier alpha value is -7.49. The molecule has 8 rings (SSSR count). The predicted molar refractivity (Wildman–Crippen MR) is 311 cm³/mol. The summed E-state index contributed by atoms with van der Waals surface area (Å²) in [6.07, 6.45) is 4.38. The summed E-state index contributed by atoms with van der Waals surface area (Å²) in [5, 5.41) is 22.6. The van der Waals surface area contributed by atoms with Gasteiger partial charge in [-0.25, -0.2) is 27.5 Å². The van der Waals surface area contributed by atoms with E-state index >= 15 is 0 Å². The molecule has 0 aliphatic heterocycles. The van der Waals surface area contributed by atoms with Gasteiger partial charge in [0.05, 0.1) is 0 Å². The van der Waals surface area contributed by atoms with Gasteiger partial charge >= 0.3 is 35.6 Å². The molecule has 83 heavy (non-hydrogen) atoms. The third kappa shape index (κ3) is 14.8. The van der Waals surface area contributed by atoms with E-state index in [0.717, 1.165) is 45.8 Å². The Bertz CT molecular complexity index is 3320. The molecule has 0 saturated carbocycles. The summed E-state index contributed by atoms with van der Waals surface area (Å²) < 4.78 is 127. The molecular formula is C66H58Cl2F8N2O4Ti. The fourth-order valence-electron chi connectivity index (χ4n) is 9.06. The molecule has 0 fully saturated rings. The van der Waals surface area contributed by atoms with E-state index < -0.39 is 97.3 Å². The Kier molecular flexibility index (Phi) is 22.7. The summed E-state index contributed by atoms with van der Waals surface area (Å²) in [5.41, 5.74) is 3.40. The molecule has 0 bridgehead atoms. The van der Waals surface area contributed by atoms with E-state index in [1.54, 1.807) is 12.1 Å². The average Bonchev–Trinajstić information content (AvgIpc) is 3.56. The van der Waals surface area contributed by atoms with Gasteiger partial charge in [-0.3, -0.25) is 0 Å². The third-order valence-corrected chi connectivity index (χ3v) is 14.1. The Morgan fingerprint density at radius 1 is 0.470 bits per heavy atom. The molecule has 2 unspecified atom stereocenters. The maximum absolute atomic E-state index is 14.8. The molecule has 430 valence electrons. The number of ether oxygens (including phenoxy) is 2. The zero-order valence-electron chi connectivity index (χ0n) is 46.0. The van der Waals surface area contributed by atoms with Crippen LogP contribution < -0.4 is 9.47 Å². The van der Waals surface area contributed by atoms with E-state index in [2.05, 4.69) is 23.1 Å². The van der Waals surface area contributed by atoms with Gasteiger partial charge in [-0.2, -0.15) is 17.6 Å². The maximum atomic E-state index is 14.8. The second-order valence-corrected chi connectivity index (χ2v) is 22.5. The number of benzene rings is 8. The van der Waals surface area contributed by atoms with Gasteiger partial charge in [0.2, 0.25) is 23.3 Å². The molecule has 6 nitrogen and oxygen atoms in total. The van der Waals surface area contributed by atoms with Gasteiger partial charge in [0.15, 0.2) is 34.8 Å². The molecule has 0 aliphatic carbocycles. The van der Waals surface area contributed by atoms with Gasteiger partial charge in [-0.1, -0.05) is 200 Å². The van der Waals surface area contributed by atoms with Crippen LogP contribution in [0.3, 0.4) is 0 Å². The molecule has 17 heteroatoms. The Balaban J connectivity index is 0.000000255. The summed E-state index contributed by atoms with van der Waals surface area (Å²) in [6, 6.07) is 45.6. The van der Waals surface area contributed by atoms with Gasteiger partial charge in [0, 0.05) is 57.3 Å². The first-order chi connectivity index (χ1) is 39.6. The first-order valence-electron chi connectivity index (χ1n) is 25.8. The van der Waals surface area contributed by atoms with E-state index in [1.165, 1.54) is 12.2 Å². The minimum absolute atomic E-state index is 0.130. The second kappa shape index (κ2) is 29.2. The summed E-state index contributed by atoms with van der Waals surface area (Å²) in [4.78, 5) is 7.52. The zero-order valence-corrected chi connectivity index (χ0v) is 49.1. The normalized spacial score (nSPS) is 12.2. The molecule has 0 heterocycles. The number of hydrogen-bond donors (Lipinski definition) is 2. The number of phenols is 2. The van der Waals surface area contributed by atoms with Crippen molar-refractivity contribution in [2.45, 2.75) is 64.2 Å². The van der Waals surface area contributed by atoms with Crippen LogP contribution >= 0.6 is 18.6 Å². The van der Waals surface area contributed by atoms with Gasteiger partial charge < -0.3 is 19.7 Å². The second-order valence-electron chi connectivity index (χ2n) is 19.9. The molecule has 0 aromatic heterocycles. The molecule has 0 amide bonds. The van der Waals surface area contributed by atoms with Crippen molar-refractivity contribution in [1.82, 2.24) is 0 Å². The van der Waals surface area contributed by atoms with Crippen LogP contribution in [0.1, 0.15) is 109 Å². The minimum atomic E-state index is -1.72. The van der Waals surface area contributed by atoms with Crippen molar-refractivity contribution in [3.63, 3.8) is 0 Å². The summed E-state index contributed by atoms with van der Waals surface area (Å²) in [6.45, 7) is 17.9. The first-order valence-corrected chi connectivity index (χ1v) is 30.1. The van der Waals surface area contributed by atoms with Crippen molar-refractivity contribution in [1.29, 1.82) is 0 Å². The molecule has 0 spiro atoms. The molecule has 0 radical (unpaired) electrons. The average molecular weight is 1210 g/mol. The van der Waals surface area contributed by atoms with Crippen LogP contribution in [0.15, 0.2) is 181 Å². The van der Waals surface area contributed by atoms with Crippen LogP contribution in [0.5, 0.6) is 23.0 Å². The Labute approximate surface area is 494 Å². The van der Waals surface area contributed by atoms with Crippen molar-refractivity contribution < 1.29 is 71.8 Å². The molecule has 0 aliphatic rings. The van der Waals surface area contributed by atoms with Gasteiger partial charge in [-0.05, 0) is 45.5 Å². The third-order valence-electron chi connectivity index (χ3n) is 14.1. The Morgan fingerprint density at radius 3 is 1.02 bits per heavy atom. The van der Waals surface area contributed by atoms with Crippen LogP contribution in [0.25, 0.3) is 0 Å². The van der Waals surface area contributed by atoms with E-state index in [9.17, 15) is 45.3 Å². The summed E-state index contributed by atoms with van der Waals surface area (Å²) in [5.74, 6) is -17.0. The van der Waals surface area contributed by atoms with Crippen molar-refractivity contribution in [3.8, 4) is 23.0 Å². The first kappa shape index (κ1) is 64.7. The Morgan fingerprint density at radius 2 is 0.747 bits per heavy atom. The van der Waals surface area contributed by atoms with Crippen molar-refractivity contribution in [2.24, 2.45) is 9.98 Å². The topological polar surface area (TPSA) is 83.6 Å². The fraction of sp³-hybridized carbons (Fsp3) is 0.182. The van der Waals surface area contributed by atoms with Crippen LogP contribution in [0.2, 0.25) is 0 Å². The monoisotopic (exact) mass is 1210 g/mol. The zero-order chi connectivity index (χ0) is 60.8. The van der Waals surface area contributed by atoms with Crippen LogP contribution in [0, 0.1) is 46.5 Å². The van der Waals surface area contributed by atoms with E-state index in [1.807, 2.05) is 175 Å². The molecule has 8 aromatic carbocycles. The number of phenolic OH excluding ortho intramolecular Hbond substituents is 2. The molecule has 0 saturated heterocycles. The SMILES string of the molecule is C=CCOc1c(F)c(F)c(N=Cc2cc(C(C)(C)c3ccccc3)cc(C(C)c3ccccc3)c2O)c(F)c1F.C=CCOc1c(F)c(F)c(N=Cc2cc(C(C)(C)c3ccccc3)cc(C(C)c3ccccc3)c2O)c(F)c1F.[Cl][Ti][Cl]. The number of rotatable bonds is 18. The van der Waals surface area contributed by atoms with Gasteiger partial charge in [0.1, 0.15) is 36.1 Å². The van der Waals surface area contributed by atoms with Crippen LogP contribution in [-0.4, -0.2) is 35.9 Å². The molecular weight excluding hydrogens is 1160 g/mol. The quantitative estimate of drug-likeness (QED) is 0.0295. The predicted octanol–water partition coefficient (Wildman–Crippen LogP) is 18.9. The number of hydrogen-bond acceptors (Lipinski definition) is 6. The van der Waals surface area contributed by atoms with Gasteiger partial charge in [0.25, 0.3) is 0 Å². The summed E-state index contributed by atoms with van der Waals surface area (Å²) in [7, 11) is 9.78. The number of aliphatic imine (C=N–C) groups is 2. The van der Waals surface area contributed by atoms with Crippen LogP contribution in [-0.2, 0) is 27.9 Å².